The molecule has 2 aromatic rings. The molecular formula is C14H17BrN2S. The Labute approximate surface area is 121 Å². The highest BCUT2D eigenvalue weighted by Gasteiger charge is 2.06. The van der Waals surface area contributed by atoms with Gasteiger partial charge in [0.25, 0.3) is 0 Å². The van der Waals surface area contributed by atoms with E-state index < -0.39 is 0 Å². The van der Waals surface area contributed by atoms with E-state index in [0.717, 1.165) is 23.1 Å². The van der Waals surface area contributed by atoms with Gasteiger partial charge < -0.3 is 5.32 Å². The van der Waals surface area contributed by atoms with Crippen molar-refractivity contribution in [3.63, 3.8) is 0 Å². The van der Waals surface area contributed by atoms with Crippen LogP contribution in [0.2, 0.25) is 0 Å². The number of hydrogen-bond acceptors (Lipinski definition) is 3. The minimum atomic E-state index is 0.371. The molecule has 0 spiro atoms. The second-order valence-electron chi connectivity index (χ2n) is 4.34. The molecule has 1 atom stereocenters. The molecule has 0 aliphatic rings. The van der Waals surface area contributed by atoms with Gasteiger partial charge in [-0.3, -0.25) is 0 Å². The Kier molecular flexibility index (Phi) is 4.92. The first-order valence-corrected chi connectivity index (χ1v) is 7.72. The summed E-state index contributed by atoms with van der Waals surface area (Å²) >= 11 is 5.25. The first-order valence-electron chi connectivity index (χ1n) is 6.04. The number of hydrogen-bond donors (Lipinski definition) is 1. The number of aryl methyl sites for hydroxylation is 1. The summed E-state index contributed by atoms with van der Waals surface area (Å²) in [6.45, 7) is 5.25. The van der Waals surface area contributed by atoms with E-state index in [4.69, 9.17) is 0 Å². The Hall–Kier alpha value is -0.710. The Bertz CT molecular complexity index is 510. The van der Waals surface area contributed by atoms with Gasteiger partial charge in [-0.25, -0.2) is 4.98 Å². The molecule has 1 aromatic carbocycles. The van der Waals surface area contributed by atoms with E-state index in [-0.39, 0.29) is 0 Å². The van der Waals surface area contributed by atoms with E-state index in [1.54, 1.807) is 11.3 Å². The van der Waals surface area contributed by atoms with Crippen LogP contribution in [0, 0.1) is 6.92 Å². The summed E-state index contributed by atoms with van der Waals surface area (Å²) in [5, 5.41) is 3.55. The topological polar surface area (TPSA) is 24.9 Å². The quantitative estimate of drug-likeness (QED) is 0.895. The molecule has 1 N–H and O–H groups in total. The maximum atomic E-state index is 4.27. The van der Waals surface area contributed by atoms with Crippen molar-refractivity contribution in [2.75, 3.05) is 6.54 Å². The molecule has 0 saturated heterocycles. The monoisotopic (exact) mass is 324 g/mol. The Balaban J connectivity index is 1.85. The van der Waals surface area contributed by atoms with Gasteiger partial charge in [0.2, 0.25) is 0 Å². The number of halogens is 1. The number of benzene rings is 1. The first-order chi connectivity index (χ1) is 8.66. The van der Waals surface area contributed by atoms with Crippen LogP contribution in [0.25, 0.3) is 0 Å². The SMILES string of the molecule is Cc1ncsc1CCNC(C)c1cccc(Br)c1. The summed E-state index contributed by atoms with van der Waals surface area (Å²) in [6.07, 6.45) is 1.05. The van der Waals surface area contributed by atoms with Crippen molar-refractivity contribution < 1.29 is 0 Å². The van der Waals surface area contributed by atoms with E-state index >= 15 is 0 Å². The number of nitrogens with zero attached hydrogens (tertiary/aromatic N) is 1. The summed E-state index contributed by atoms with van der Waals surface area (Å²) in [6, 6.07) is 8.81. The molecular weight excluding hydrogens is 308 g/mol. The van der Waals surface area contributed by atoms with Crippen molar-refractivity contribution >= 4 is 27.3 Å². The van der Waals surface area contributed by atoms with Crippen molar-refractivity contribution in [1.82, 2.24) is 10.3 Å². The van der Waals surface area contributed by atoms with Crippen molar-refractivity contribution in [1.29, 1.82) is 0 Å². The minimum absolute atomic E-state index is 0.371. The summed E-state index contributed by atoms with van der Waals surface area (Å²) in [7, 11) is 0. The normalized spacial score (nSPS) is 12.6. The molecule has 1 aromatic heterocycles. The molecule has 1 unspecified atom stereocenters. The Morgan fingerprint density at radius 3 is 2.94 bits per heavy atom. The molecule has 4 heteroatoms. The van der Waals surface area contributed by atoms with Gasteiger partial charge >= 0.3 is 0 Å². The molecule has 1 heterocycles. The van der Waals surface area contributed by atoms with E-state index in [1.807, 2.05) is 5.51 Å². The van der Waals surface area contributed by atoms with Gasteiger partial charge in [0, 0.05) is 21.9 Å². The van der Waals surface area contributed by atoms with Crippen LogP contribution in [0.3, 0.4) is 0 Å². The van der Waals surface area contributed by atoms with Crippen molar-refractivity contribution in [3.8, 4) is 0 Å². The van der Waals surface area contributed by atoms with Gasteiger partial charge in [-0.2, -0.15) is 0 Å². The predicted octanol–water partition coefficient (Wildman–Crippen LogP) is 4.11. The average molecular weight is 325 g/mol. The highest BCUT2D eigenvalue weighted by atomic mass is 79.9. The molecule has 0 fully saturated rings. The molecule has 2 rings (SSSR count). The van der Waals surface area contributed by atoms with Crippen LogP contribution in [0.15, 0.2) is 34.2 Å². The van der Waals surface area contributed by atoms with Gasteiger partial charge in [-0.05, 0) is 38.0 Å². The molecule has 0 bridgehead atoms. The van der Waals surface area contributed by atoms with Gasteiger partial charge in [-0.15, -0.1) is 11.3 Å². The summed E-state index contributed by atoms with van der Waals surface area (Å²) in [4.78, 5) is 5.65. The molecule has 0 aliphatic heterocycles. The van der Waals surface area contributed by atoms with Crippen LogP contribution in [0.1, 0.15) is 29.1 Å². The van der Waals surface area contributed by atoms with Crippen LogP contribution in [-0.4, -0.2) is 11.5 Å². The van der Waals surface area contributed by atoms with Crippen LogP contribution < -0.4 is 5.32 Å². The van der Waals surface area contributed by atoms with Gasteiger partial charge in [0.1, 0.15) is 0 Å². The molecule has 96 valence electrons. The van der Waals surface area contributed by atoms with Gasteiger partial charge in [0.15, 0.2) is 0 Å². The lowest BCUT2D eigenvalue weighted by molar-refractivity contribution is 0.577. The Morgan fingerprint density at radius 2 is 2.28 bits per heavy atom. The van der Waals surface area contributed by atoms with Crippen LogP contribution >= 0.6 is 27.3 Å². The van der Waals surface area contributed by atoms with Gasteiger partial charge in [-0.1, -0.05) is 28.1 Å². The average Bonchev–Trinajstić information content (AvgIpc) is 2.75. The zero-order valence-electron chi connectivity index (χ0n) is 10.6. The summed E-state index contributed by atoms with van der Waals surface area (Å²) in [5.74, 6) is 0. The van der Waals surface area contributed by atoms with Crippen molar-refractivity contribution in [2.24, 2.45) is 0 Å². The van der Waals surface area contributed by atoms with Gasteiger partial charge in [0.05, 0.1) is 11.2 Å². The lowest BCUT2D eigenvalue weighted by Crippen LogP contribution is -2.21. The molecule has 0 amide bonds. The molecule has 18 heavy (non-hydrogen) atoms. The highest BCUT2D eigenvalue weighted by Crippen LogP contribution is 2.18. The standard InChI is InChI=1S/C14H17BrN2S/c1-10(12-4-3-5-13(15)8-12)16-7-6-14-11(2)17-9-18-14/h3-5,8-10,16H,6-7H2,1-2H3. The fourth-order valence-electron chi connectivity index (χ4n) is 1.86. The summed E-state index contributed by atoms with van der Waals surface area (Å²) < 4.78 is 1.13. The second kappa shape index (κ2) is 6.45. The maximum Gasteiger partial charge on any atom is 0.0797 e. The van der Waals surface area contributed by atoms with Crippen LogP contribution in [0.5, 0.6) is 0 Å². The molecule has 0 radical (unpaired) electrons. The van der Waals surface area contributed by atoms with Crippen LogP contribution in [0.4, 0.5) is 0 Å². The van der Waals surface area contributed by atoms with E-state index in [2.05, 4.69) is 64.3 Å². The number of aromatic nitrogens is 1. The third-order valence-electron chi connectivity index (χ3n) is 3.00. The predicted molar refractivity (Wildman–Crippen MR) is 81.1 cm³/mol. The fraction of sp³-hybridized carbons (Fsp3) is 0.357. The van der Waals surface area contributed by atoms with E-state index in [0.29, 0.717) is 6.04 Å². The van der Waals surface area contributed by atoms with E-state index in [9.17, 15) is 0 Å². The highest BCUT2D eigenvalue weighted by molar-refractivity contribution is 9.10. The lowest BCUT2D eigenvalue weighted by atomic mass is 10.1. The molecule has 0 aliphatic carbocycles. The first kappa shape index (κ1) is 13.7. The number of nitrogens with one attached hydrogen (secondary N) is 1. The molecule has 2 nitrogen and oxygen atoms in total. The van der Waals surface area contributed by atoms with E-state index in [1.165, 1.54) is 10.4 Å². The van der Waals surface area contributed by atoms with Crippen LogP contribution in [-0.2, 0) is 6.42 Å². The maximum absolute atomic E-state index is 4.27. The number of thiazole rings is 1. The minimum Gasteiger partial charge on any atom is -0.310 e. The zero-order valence-corrected chi connectivity index (χ0v) is 13.0. The fourth-order valence-corrected chi connectivity index (χ4v) is 3.06. The van der Waals surface area contributed by atoms with Crippen molar-refractivity contribution in [2.45, 2.75) is 26.3 Å². The molecule has 0 saturated carbocycles. The zero-order chi connectivity index (χ0) is 13.0. The summed E-state index contributed by atoms with van der Waals surface area (Å²) in [5.41, 5.74) is 4.39. The van der Waals surface area contributed by atoms with Crippen molar-refractivity contribution in [3.05, 3.63) is 50.4 Å². The third-order valence-corrected chi connectivity index (χ3v) is 4.48. The third kappa shape index (κ3) is 3.64. The second-order valence-corrected chi connectivity index (χ2v) is 6.20. The Morgan fingerprint density at radius 1 is 1.44 bits per heavy atom. The largest absolute Gasteiger partial charge is 0.310 e. The lowest BCUT2D eigenvalue weighted by Gasteiger charge is -2.14. The number of rotatable bonds is 5. The smallest absolute Gasteiger partial charge is 0.0797 e.